The van der Waals surface area contributed by atoms with Crippen molar-refractivity contribution in [2.24, 2.45) is 7.05 Å². The first-order valence-electron chi connectivity index (χ1n) is 8.08. The van der Waals surface area contributed by atoms with Crippen molar-refractivity contribution in [2.75, 3.05) is 0 Å². The van der Waals surface area contributed by atoms with Gasteiger partial charge in [0.1, 0.15) is 0 Å². The number of hydrogen-bond acceptors (Lipinski definition) is 1. The van der Waals surface area contributed by atoms with E-state index in [2.05, 4.69) is 63.9 Å². The van der Waals surface area contributed by atoms with Gasteiger partial charge in [-0.05, 0) is 54.1 Å². The molecule has 0 radical (unpaired) electrons. The van der Waals surface area contributed by atoms with E-state index in [4.69, 9.17) is 0 Å². The molecule has 3 heteroatoms. The molecule has 2 nitrogen and oxygen atoms in total. The van der Waals surface area contributed by atoms with E-state index in [1.54, 1.807) is 6.08 Å². The van der Waals surface area contributed by atoms with E-state index in [1.165, 1.54) is 21.8 Å². The molecule has 0 atom stereocenters. The lowest BCUT2D eigenvalue weighted by atomic mass is 10.1. The highest BCUT2D eigenvalue weighted by molar-refractivity contribution is 9.10. The summed E-state index contributed by atoms with van der Waals surface area (Å²) in [6.45, 7) is 0. The van der Waals surface area contributed by atoms with E-state index < -0.39 is 0 Å². The van der Waals surface area contributed by atoms with Crippen LogP contribution in [-0.2, 0) is 7.05 Å². The van der Waals surface area contributed by atoms with Gasteiger partial charge in [0.15, 0.2) is 5.78 Å². The Labute approximate surface area is 154 Å². The minimum Gasteiger partial charge on any atom is -0.344 e. The van der Waals surface area contributed by atoms with Crippen LogP contribution >= 0.6 is 15.9 Å². The second-order valence-electron chi connectivity index (χ2n) is 6.06. The first-order valence-corrected chi connectivity index (χ1v) is 8.88. The van der Waals surface area contributed by atoms with Crippen LogP contribution in [0, 0.1) is 0 Å². The number of nitrogens with zero attached hydrogens (tertiary/aromatic N) is 1. The highest BCUT2D eigenvalue weighted by atomic mass is 79.9. The Morgan fingerprint density at radius 2 is 1.64 bits per heavy atom. The average molecular weight is 390 g/mol. The summed E-state index contributed by atoms with van der Waals surface area (Å²) in [5.41, 5.74) is 4.11. The van der Waals surface area contributed by atoms with Gasteiger partial charge in [-0.15, -0.1) is 0 Å². The number of halogens is 1. The summed E-state index contributed by atoms with van der Waals surface area (Å²) in [6.07, 6.45) is 3.52. The highest BCUT2D eigenvalue weighted by Gasteiger charge is 2.07. The monoisotopic (exact) mass is 389 g/mol. The quantitative estimate of drug-likeness (QED) is 0.311. The Kier molecular flexibility index (Phi) is 4.02. The largest absolute Gasteiger partial charge is 0.344 e. The van der Waals surface area contributed by atoms with Crippen LogP contribution < -0.4 is 0 Å². The molecule has 0 aliphatic carbocycles. The Morgan fingerprint density at radius 1 is 0.920 bits per heavy atom. The molecule has 0 bridgehead atoms. The maximum absolute atomic E-state index is 12.3. The number of para-hydroxylation sites is 1. The van der Waals surface area contributed by atoms with Crippen LogP contribution in [0.4, 0.5) is 0 Å². The number of carbonyl (C=O) groups is 1. The molecule has 0 spiro atoms. The van der Waals surface area contributed by atoms with Crippen molar-refractivity contribution < 1.29 is 4.79 Å². The first kappa shape index (κ1) is 15.9. The fraction of sp³-hybridized carbons (Fsp3) is 0.0455. The number of ketones is 1. The van der Waals surface area contributed by atoms with Crippen molar-refractivity contribution in [1.82, 2.24) is 4.57 Å². The van der Waals surface area contributed by atoms with Crippen molar-refractivity contribution in [3.8, 4) is 0 Å². The summed E-state index contributed by atoms with van der Waals surface area (Å²) in [5, 5.41) is 2.44. The predicted octanol–water partition coefficient (Wildman–Crippen LogP) is 5.99. The van der Waals surface area contributed by atoms with Crippen molar-refractivity contribution in [1.29, 1.82) is 0 Å². The van der Waals surface area contributed by atoms with Gasteiger partial charge in [-0.25, -0.2) is 0 Å². The molecule has 4 aromatic rings. The molecule has 0 aliphatic rings. The fourth-order valence-corrected chi connectivity index (χ4v) is 3.44. The third-order valence-electron chi connectivity index (χ3n) is 4.49. The zero-order valence-corrected chi connectivity index (χ0v) is 15.3. The Bertz CT molecular complexity index is 1120. The molecule has 1 aromatic heterocycles. The molecule has 4 rings (SSSR count). The van der Waals surface area contributed by atoms with Gasteiger partial charge in [-0.3, -0.25) is 4.79 Å². The minimum absolute atomic E-state index is 0.00511. The second-order valence-corrected chi connectivity index (χ2v) is 6.97. The molecular weight excluding hydrogens is 374 g/mol. The number of aryl methyl sites for hydroxylation is 1. The lowest BCUT2D eigenvalue weighted by molar-refractivity contribution is 0.104. The Balaban J connectivity index is 1.71. The van der Waals surface area contributed by atoms with Gasteiger partial charge in [0, 0.05) is 38.9 Å². The number of benzene rings is 3. The molecule has 1 heterocycles. The van der Waals surface area contributed by atoms with Crippen LogP contribution in [0.5, 0.6) is 0 Å². The SMILES string of the molecule is Cn1c2ccccc2c2cc(C=CC(=O)c3ccc(Br)cc3)ccc21. The molecule has 25 heavy (non-hydrogen) atoms. The van der Waals surface area contributed by atoms with Crippen molar-refractivity contribution in [3.05, 3.63) is 88.4 Å². The van der Waals surface area contributed by atoms with E-state index in [0.29, 0.717) is 5.56 Å². The van der Waals surface area contributed by atoms with E-state index >= 15 is 0 Å². The summed E-state index contributed by atoms with van der Waals surface area (Å²) in [5.74, 6) is 0.00511. The van der Waals surface area contributed by atoms with Gasteiger partial charge >= 0.3 is 0 Å². The number of allylic oxidation sites excluding steroid dienone is 1. The second kappa shape index (κ2) is 6.34. The molecule has 0 N–H and O–H groups in total. The Hall–Kier alpha value is -2.65. The number of carbonyl (C=O) groups excluding carboxylic acids is 1. The van der Waals surface area contributed by atoms with Crippen LogP contribution in [0.3, 0.4) is 0 Å². The topological polar surface area (TPSA) is 22.0 Å². The third kappa shape index (κ3) is 2.92. The van der Waals surface area contributed by atoms with Crippen molar-refractivity contribution in [3.63, 3.8) is 0 Å². The molecule has 122 valence electrons. The van der Waals surface area contributed by atoms with E-state index in [9.17, 15) is 4.79 Å². The smallest absolute Gasteiger partial charge is 0.185 e. The van der Waals surface area contributed by atoms with Crippen LogP contribution in [-0.4, -0.2) is 10.4 Å². The first-order chi connectivity index (χ1) is 12.1. The van der Waals surface area contributed by atoms with Crippen molar-refractivity contribution in [2.45, 2.75) is 0 Å². The molecule has 3 aromatic carbocycles. The van der Waals surface area contributed by atoms with E-state index in [0.717, 1.165) is 10.0 Å². The van der Waals surface area contributed by atoms with Gasteiger partial charge < -0.3 is 4.57 Å². The van der Waals surface area contributed by atoms with Gasteiger partial charge in [-0.2, -0.15) is 0 Å². The number of rotatable bonds is 3. The Morgan fingerprint density at radius 3 is 2.44 bits per heavy atom. The lowest BCUT2D eigenvalue weighted by Crippen LogP contribution is -1.93. The van der Waals surface area contributed by atoms with Crippen LogP contribution in [0.15, 0.2) is 77.3 Å². The maximum atomic E-state index is 12.3. The zero-order chi connectivity index (χ0) is 17.4. The summed E-state index contributed by atoms with van der Waals surface area (Å²) < 4.78 is 3.17. The van der Waals surface area contributed by atoms with Crippen molar-refractivity contribution >= 4 is 49.6 Å². The number of hydrogen-bond donors (Lipinski definition) is 0. The van der Waals surface area contributed by atoms with E-state index in [1.807, 2.05) is 36.4 Å². The number of aromatic nitrogens is 1. The van der Waals surface area contributed by atoms with Gasteiger partial charge in [0.05, 0.1) is 0 Å². The van der Waals surface area contributed by atoms with Gasteiger partial charge in [-0.1, -0.05) is 46.3 Å². The molecule has 0 aliphatic heterocycles. The third-order valence-corrected chi connectivity index (χ3v) is 5.02. The summed E-state index contributed by atoms with van der Waals surface area (Å²) in [4.78, 5) is 12.3. The maximum Gasteiger partial charge on any atom is 0.185 e. The normalized spacial score (nSPS) is 11.6. The van der Waals surface area contributed by atoms with E-state index in [-0.39, 0.29) is 5.78 Å². The average Bonchev–Trinajstić information content (AvgIpc) is 2.93. The van der Waals surface area contributed by atoms with Crippen LogP contribution in [0.1, 0.15) is 15.9 Å². The molecular formula is C22H16BrNO. The molecule has 0 saturated carbocycles. The highest BCUT2D eigenvalue weighted by Crippen LogP contribution is 2.29. The van der Waals surface area contributed by atoms with Crippen LogP contribution in [0.2, 0.25) is 0 Å². The molecule has 0 amide bonds. The summed E-state index contributed by atoms with van der Waals surface area (Å²) in [6, 6.07) is 22.1. The fourth-order valence-electron chi connectivity index (χ4n) is 3.17. The van der Waals surface area contributed by atoms with Gasteiger partial charge in [0.25, 0.3) is 0 Å². The number of fused-ring (bicyclic) bond motifs is 3. The molecule has 0 unspecified atom stereocenters. The summed E-state index contributed by atoms with van der Waals surface area (Å²) in [7, 11) is 2.08. The minimum atomic E-state index is 0.00511. The van der Waals surface area contributed by atoms with Gasteiger partial charge in [0.2, 0.25) is 0 Å². The summed E-state index contributed by atoms with van der Waals surface area (Å²) >= 11 is 3.38. The zero-order valence-electron chi connectivity index (χ0n) is 13.7. The van der Waals surface area contributed by atoms with Crippen LogP contribution in [0.25, 0.3) is 27.9 Å². The molecule has 0 saturated heterocycles. The standard InChI is InChI=1S/C22H16BrNO/c1-24-20-5-3-2-4-18(20)19-14-15(6-12-21(19)24)7-13-22(25)16-8-10-17(23)11-9-16/h2-14H,1H3. The molecule has 0 fully saturated rings. The lowest BCUT2D eigenvalue weighted by Gasteiger charge is -1.99. The predicted molar refractivity (Wildman–Crippen MR) is 108 cm³/mol.